The van der Waals surface area contributed by atoms with E-state index in [0.717, 1.165) is 22.2 Å². The number of nitrogens with zero attached hydrogens (tertiary/aromatic N) is 2. The summed E-state index contributed by atoms with van der Waals surface area (Å²) in [7, 11) is 0. The molecule has 0 saturated carbocycles. The Morgan fingerprint density at radius 3 is 2.43 bits per heavy atom. The van der Waals surface area contributed by atoms with Gasteiger partial charge >= 0.3 is 0 Å². The Morgan fingerprint density at radius 2 is 1.67 bits per heavy atom. The lowest BCUT2D eigenvalue weighted by Gasteiger charge is -2.08. The van der Waals surface area contributed by atoms with Gasteiger partial charge in [-0.3, -0.25) is 4.79 Å². The van der Waals surface area contributed by atoms with Gasteiger partial charge in [-0.15, -0.1) is 0 Å². The van der Waals surface area contributed by atoms with Crippen molar-refractivity contribution in [3.05, 3.63) is 60.3 Å². The smallest absolute Gasteiger partial charge is 0.217 e. The second-order valence-electron chi connectivity index (χ2n) is 4.84. The average molecular weight is 277 g/mol. The van der Waals surface area contributed by atoms with Crippen LogP contribution >= 0.6 is 0 Å². The van der Waals surface area contributed by atoms with Crippen molar-refractivity contribution in [2.75, 3.05) is 0 Å². The topological polar surface area (TPSA) is 68.9 Å². The Hall–Kier alpha value is -2.75. The Labute approximate surface area is 122 Å². The Morgan fingerprint density at radius 1 is 0.952 bits per heavy atom. The van der Waals surface area contributed by atoms with Gasteiger partial charge in [0.25, 0.3) is 0 Å². The maximum atomic E-state index is 11.0. The molecule has 21 heavy (non-hydrogen) atoms. The van der Waals surface area contributed by atoms with Crippen LogP contribution in [0.4, 0.5) is 0 Å². The van der Waals surface area contributed by atoms with Crippen molar-refractivity contribution in [1.82, 2.24) is 9.97 Å². The van der Waals surface area contributed by atoms with Gasteiger partial charge in [-0.25, -0.2) is 9.97 Å². The first kappa shape index (κ1) is 13.2. The lowest BCUT2D eigenvalue weighted by Crippen LogP contribution is -2.12. The molecule has 4 heteroatoms. The first-order valence-electron chi connectivity index (χ1n) is 6.83. The van der Waals surface area contributed by atoms with Crippen LogP contribution in [-0.4, -0.2) is 15.9 Å². The fourth-order valence-electron chi connectivity index (χ4n) is 2.29. The van der Waals surface area contributed by atoms with Crippen LogP contribution in [0.3, 0.4) is 0 Å². The monoisotopic (exact) mass is 277 g/mol. The van der Waals surface area contributed by atoms with Gasteiger partial charge in [0.1, 0.15) is 0 Å². The van der Waals surface area contributed by atoms with Crippen molar-refractivity contribution in [2.24, 2.45) is 5.73 Å². The van der Waals surface area contributed by atoms with Crippen LogP contribution in [0.15, 0.2) is 54.6 Å². The molecule has 0 atom stereocenters. The summed E-state index contributed by atoms with van der Waals surface area (Å²) in [6.45, 7) is 0. The molecular weight excluding hydrogens is 262 g/mol. The van der Waals surface area contributed by atoms with Crippen LogP contribution in [0.25, 0.3) is 22.3 Å². The fraction of sp³-hybridized carbons (Fsp3) is 0.118. The van der Waals surface area contributed by atoms with Crippen molar-refractivity contribution < 1.29 is 4.79 Å². The van der Waals surface area contributed by atoms with Crippen LogP contribution in [0.5, 0.6) is 0 Å². The molecular formula is C17H15N3O. The van der Waals surface area contributed by atoms with E-state index in [-0.39, 0.29) is 12.3 Å². The first-order valence-corrected chi connectivity index (χ1v) is 6.83. The zero-order valence-corrected chi connectivity index (χ0v) is 11.5. The molecule has 0 spiro atoms. The van der Waals surface area contributed by atoms with E-state index in [1.54, 1.807) is 0 Å². The second-order valence-corrected chi connectivity index (χ2v) is 4.84. The Kier molecular flexibility index (Phi) is 3.60. The molecule has 3 aromatic rings. The normalized spacial score (nSPS) is 10.7. The van der Waals surface area contributed by atoms with Gasteiger partial charge in [0.2, 0.25) is 5.91 Å². The summed E-state index contributed by atoms with van der Waals surface area (Å²) in [4.78, 5) is 20.3. The third-order valence-corrected chi connectivity index (χ3v) is 3.32. The number of nitrogens with two attached hydrogens (primary N) is 1. The molecule has 1 amide bonds. The number of aromatic nitrogens is 2. The number of para-hydroxylation sites is 1. The van der Waals surface area contributed by atoms with E-state index in [0.29, 0.717) is 12.2 Å². The Bertz CT molecular complexity index is 784. The lowest BCUT2D eigenvalue weighted by atomic mass is 10.1. The minimum absolute atomic E-state index is 0.287. The van der Waals surface area contributed by atoms with Crippen LogP contribution in [0.1, 0.15) is 12.1 Å². The summed E-state index contributed by atoms with van der Waals surface area (Å²) in [6, 6.07) is 17.6. The third kappa shape index (κ3) is 2.89. The number of hydrogen-bond acceptors (Lipinski definition) is 3. The third-order valence-electron chi connectivity index (χ3n) is 3.32. The summed E-state index contributed by atoms with van der Waals surface area (Å²) in [5, 5.41) is 0.971. The van der Waals surface area contributed by atoms with Gasteiger partial charge in [-0.2, -0.15) is 0 Å². The van der Waals surface area contributed by atoms with Crippen molar-refractivity contribution in [2.45, 2.75) is 12.8 Å². The highest BCUT2D eigenvalue weighted by molar-refractivity contribution is 5.83. The molecule has 3 rings (SSSR count). The van der Waals surface area contributed by atoms with Gasteiger partial charge in [0.05, 0.1) is 11.2 Å². The van der Waals surface area contributed by atoms with Crippen molar-refractivity contribution in [1.29, 1.82) is 0 Å². The number of carbonyl (C=O) groups is 1. The van der Waals surface area contributed by atoms with Crippen LogP contribution in [-0.2, 0) is 11.2 Å². The van der Waals surface area contributed by atoms with E-state index in [2.05, 4.69) is 9.97 Å². The molecule has 0 radical (unpaired) electrons. The highest BCUT2D eigenvalue weighted by Gasteiger charge is 2.09. The lowest BCUT2D eigenvalue weighted by molar-refractivity contribution is -0.118. The first-order chi connectivity index (χ1) is 10.2. The summed E-state index contributed by atoms with van der Waals surface area (Å²) >= 11 is 0. The predicted octanol–water partition coefficient (Wildman–Crippen LogP) is 2.71. The average Bonchev–Trinajstić information content (AvgIpc) is 2.53. The maximum absolute atomic E-state index is 11.0. The molecule has 0 unspecified atom stereocenters. The molecule has 0 bridgehead atoms. The molecule has 1 aromatic heterocycles. The largest absolute Gasteiger partial charge is 0.370 e. The molecule has 0 fully saturated rings. The maximum Gasteiger partial charge on any atom is 0.217 e. The second kappa shape index (κ2) is 5.71. The van der Waals surface area contributed by atoms with E-state index < -0.39 is 0 Å². The summed E-state index contributed by atoms with van der Waals surface area (Å²) < 4.78 is 0. The highest BCUT2D eigenvalue weighted by Crippen LogP contribution is 2.22. The molecule has 0 aliphatic carbocycles. The Balaban J connectivity index is 2.12. The molecule has 4 nitrogen and oxygen atoms in total. The van der Waals surface area contributed by atoms with Gasteiger partial charge in [0, 0.05) is 17.4 Å². The molecule has 2 N–H and O–H groups in total. The number of fused-ring (bicyclic) bond motifs is 1. The number of aryl methyl sites for hydroxylation is 1. The standard InChI is InChI=1S/C17H15N3O/c18-16(21)11-10-15-13-8-4-5-9-14(13)19-17(20-15)12-6-2-1-3-7-12/h1-9H,10-11H2,(H2,18,21). The van der Waals surface area contributed by atoms with Crippen LogP contribution < -0.4 is 5.73 Å². The minimum Gasteiger partial charge on any atom is -0.370 e. The van der Waals surface area contributed by atoms with E-state index in [1.807, 2.05) is 54.6 Å². The minimum atomic E-state index is -0.320. The highest BCUT2D eigenvalue weighted by atomic mass is 16.1. The number of primary amides is 1. The zero-order valence-electron chi connectivity index (χ0n) is 11.5. The van der Waals surface area contributed by atoms with E-state index in [9.17, 15) is 4.79 Å². The van der Waals surface area contributed by atoms with Gasteiger partial charge in [-0.05, 0) is 12.5 Å². The van der Waals surface area contributed by atoms with E-state index >= 15 is 0 Å². The molecule has 0 aliphatic heterocycles. The summed E-state index contributed by atoms with van der Waals surface area (Å²) in [6.07, 6.45) is 0.813. The quantitative estimate of drug-likeness (QED) is 0.797. The molecule has 0 aliphatic rings. The SMILES string of the molecule is NC(=O)CCc1nc(-c2ccccc2)nc2ccccc12. The van der Waals surface area contributed by atoms with Crippen LogP contribution in [0.2, 0.25) is 0 Å². The van der Waals surface area contributed by atoms with E-state index in [4.69, 9.17) is 5.73 Å². The number of carbonyl (C=O) groups excluding carboxylic acids is 1. The van der Waals surface area contributed by atoms with E-state index in [1.165, 1.54) is 0 Å². The fourth-order valence-corrected chi connectivity index (χ4v) is 2.29. The summed E-state index contributed by atoms with van der Waals surface area (Å²) in [5.74, 6) is 0.354. The molecule has 104 valence electrons. The molecule has 0 saturated heterocycles. The van der Waals surface area contributed by atoms with Gasteiger partial charge in [0.15, 0.2) is 5.82 Å². The molecule has 2 aromatic carbocycles. The number of rotatable bonds is 4. The van der Waals surface area contributed by atoms with Gasteiger partial charge in [-0.1, -0.05) is 48.5 Å². The zero-order chi connectivity index (χ0) is 14.7. The van der Waals surface area contributed by atoms with Crippen molar-refractivity contribution in [3.63, 3.8) is 0 Å². The van der Waals surface area contributed by atoms with Crippen LogP contribution in [0, 0.1) is 0 Å². The number of benzene rings is 2. The van der Waals surface area contributed by atoms with Crippen molar-refractivity contribution in [3.8, 4) is 11.4 Å². The summed E-state index contributed by atoms with van der Waals surface area (Å²) in [5.41, 5.74) is 7.95. The number of hydrogen-bond donors (Lipinski definition) is 1. The predicted molar refractivity (Wildman–Crippen MR) is 82.5 cm³/mol. The van der Waals surface area contributed by atoms with Gasteiger partial charge < -0.3 is 5.73 Å². The number of amides is 1. The molecule has 1 heterocycles. The van der Waals surface area contributed by atoms with Crippen molar-refractivity contribution >= 4 is 16.8 Å².